The molecule has 0 saturated heterocycles. The third kappa shape index (κ3) is 7.95. The lowest BCUT2D eigenvalue weighted by Crippen LogP contribution is -2.45. The fourth-order valence-electron chi connectivity index (χ4n) is 4.30. The lowest BCUT2D eigenvalue weighted by Gasteiger charge is -2.34. The molecule has 0 aliphatic carbocycles. The molecule has 0 aromatic carbocycles. The first kappa shape index (κ1) is 29.1. The number of esters is 1. The Labute approximate surface area is 211 Å². The van der Waals surface area contributed by atoms with E-state index in [9.17, 15) is 24.3 Å². The Bertz CT molecular complexity index is 940. The molecule has 0 spiro atoms. The Morgan fingerprint density at radius 1 is 1.31 bits per heavy atom. The monoisotopic (exact) mass is 511 g/mol. The largest absolute Gasteiger partial charge is 0.457 e. The summed E-state index contributed by atoms with van der Waals surface area (Å²) in [5.41, 5.74) is 0.172. The molecule has 1 aromatic rings. The van der Waals surface area contributed by atoms with Gasteiger partial charge in [-0.1, -0.05) is 27.7 Å². The maximum absolute atomic E-state index is 13.2. The molecule has 1 aliphatic heterocycles. The van der Waals surface area contributed by atoms with E-state index < -0.39 is 42.0 Å². The zero-order chi connectivity index (χ0) is 26.3. The van der Waals surface area contributed by atoms with E-state index in [-0.39, 0.29) is 23.9 Å². The van der Waals surface area contributed by atoms with Gasteiger partial charge in [-0.15, -0.1) is 11.3 Å². The Balaban J connectivity index is 2.37. The van der Waals surface area contributed by atoms with Crippen LogP contribution in [0, 0.1) is 24.2 Å². The molecule has 1 aliphatic rings. The van der Waals surface area contributed by atoms with E-state index in [1.807, 2.05) is 19.2 Å². The molecule has 2 rings (SSSR count). The molecule has 0 saturated carbocycles. The number of nitrogens with zero attached hydrogens (tertiary/aromatic N) is 1. The van der Waals surface area contributed by atoms with Gasteiger partial charge in [-0.2, -0.15) is 0 Å². The topological polar surface area (TPSA) is 106 Å². The predicted octanol–water partition coefficient (Wildman–Crippen LogP) is 5.11. The minimum atomic E-state index is -1.30. The smallest absolute Gasteiger partial charge is 0.309 e. The second-order valence-electron chi connectivity index (χ2n) is 10.1. The van der Waals surface area contributed by atoms with Gasteiger partial charge in [0.15, 0.2) is 0 Å². The molecule has 0 radical (unpaired) electrons. The van der Waals surface area contributed by atoms with Crippen molar-refractivity contribution in [3.8, 4) is 0 Å². The molecule has 196 valence electrons. The molecule has 0 amide bonds. The van der Waals surface area contributed by atoms with Crippen molar-refractivity contribution in [2.75, 3.05) is 0 Å². The zero-order valence-corrected chi connectivity index (χ0v) is 22.2. The van der Waals surface area contributed by atoms with E-state index in [2.05, 4.69) is 9.93 Å². The molecular weight excluding hydrogens is 473 g/mol. The summed E-state index contributed by atoms with van der Waals surface area (Å²) in [5.74, 6) is -1.87. The van der Waals surface area contributed by atoms with Crippen LogP contribution in [-0.4, -0.2) is 45.3 Å². The molecule has 35 heavy (non-hydrogen) atoms. The quantitative estimate of drug-likeness (QED) is 0.544. The number of carbonyl (C=O) groups excluding carboxylic acids is 2. The molecular formula is C26H38FNO6S. The van der Waals surface area contributed by atoms with Crippen LogP contribution in [0.1, 0.15) is 77.4 Å². The minimum Gasteiger partial charge on any atom is -0.457 e. The first-order valence-electron chi connectivity index (χ1n) is 12.0. The number of halogens is 1. The van der Waals surface area contributed by atoms with Gasteiger partial charge >= 0.3 is 5.97 Å². The number of thiazole rings is 1. The Morgan fingerprint density at radius 2 is 2.00 bits per heavy atom. The number of carbonyl (C=O) groups is 2. The van der Waals surface area contributed by atoms with Crippen molar-refractivity contribution in [2.24, 2.45) is 17.3 Å². The van der Waals surface area contributed by atoms with Crippen molar-refractivity contribution in [3.05, 3.63) is 33.5 Å². The highest BCUT2D eigenvalue weighted by molar-refractivity contribution is 7.09. The molecule has 0 bridgehead atoms. The van der Waals surface area contributed by atoms with Gasteiger partial charge < -0.3 is 14.9 Å². The maximum Gasteiger partial charge on any atom is 0.309 e. The molecule has 2 heterocycles. The van der Waals surface area contributed by atoms with Crippen LogP contribution in [0.15, 0.2) is 22.8 Å². The Morgan fingerprint density at radius 3 is 2.60 bits per heavy atom. The average Bonchev–Trinajstić information content (AvgIpc) is 3.21. The molecule has 0 unspecified atom stereocenters. The number of Topliss-reactive ketones (excluding diaryl/α,β-unsaturated/α-hetero) is 1. The standard InChI is InChI=1S/C26H38FNO6S/c1-15-8-7-9-20(34-27)10-11-21(16(2)12-19-14-35-18(4)28-19)33-23(30)13-22(29)26(5,6)25(32)17(3)24(15)31/h10,12,14-15,17,21-22,24,29,31H,7-9,11,13H2,1-6H3/t15-,17+,21-,22-,24-/m0/s1. The fourth-order valence-corrected chi connectivity index (χ4v) is 4.87. The van der Waals surface area contributed by atoms with Gasteiger partial charge in [-0.3, -0.25) is 14.5 Å². The van der Waals surface area contributed by atoms with E-state index >= 15 is 0 Å². The van der Waals surface area contributed by atoms with Gasteiger partial charge in [0.25, 0.3) is 0 Å². The normalized spacial score (nSPS) is 29.9. The van der Waals surface area contributed by atoms with Crippen molar-refractivity contribution in [1.29, 1.82) is 0 Å². The van der Waals surface area contributed by atoms with Gasteiger partial charge in [0, 0.05) is 28.7 Å². The van der Waals surface area contributed by atoms with Crippen LogP contribution in [-0.2, 0) is 19.3 Å². The van der Waals surface area contributed by atoms with Crippen molar-refractivity contribution >= 4 is 29.2 Å². The summed E-state index contributed by atoms with van der Waals surface area (Å²) in [6.45, 7) is 10.3. The summed E-state index contributed by atoms with van der Waals surface area (Å²) in [6.07, 6.45) is 1.57. The number of aromatic nitrogens is 1. The first-order chi connectivity index (χ1) is 16.4. The number of ketones is 1. The summed E-state index contributed by atoms with van der Waals surface area (Å²) in [6, 6.07) is 0. The summed E-state index contributed by atoms with van der Waals surface area (Å²) in [5, 5.41) is 24.3. The number of allylic oxidation sites excluding steroid dienone is 1. The number of rotatable bonds is 3. The second-order valence-corrected chi connectivity index (χ2v) is 11.2. The number of aliphatic hydroxyl groups excluding tert-OH is 2. The van der Waals surface area contributed by atoms with E-state index in [1.54, 1.807) is 39.8 Å². The first-order valence-corrected chi connectivity index (χ1v) is 12.9. The van der Waals surface area contributed by atoms with Crippen molar-refractivity contribution < 1.29 is 34.0 Å². The van der Waals surface area contributed by atoms with Crippen LogP contribution in [0.3, 0.4) is 0 Å². The molecule has 5 atom stereocenters. The van der Waals surface area contributed by atoms with Gasteiger partial charge in [0.1, 0.15) is 17.6 Å². The molecule has 9 heteroatoms. The lowest BCUT2D eigenvalue weighted by molar-refractivity contribution is -0.154. The van der Waals surface area contributed by atoms with Crippen LogP contribution in [0.5, 0.6) is 0 Å². The van der Waals surface area contributed by atoms with Gasteiger partial charge in [0.05, 0.1) is 34.7 Å². The molecule has 2 N–H and O–H groups in total. The Hall–Kier alpha value is -2.10. The van der Waals surface area contributed by atoms with Crippen LogP contribution < -0.4 is 0 Å². The number of hydrogen-bond acceptors (Lipinski definition) is 8. The number of aliphatic hydroxyl groups is 2. The zero-order valence-electron chi connectivity index (χ0n) is 21.4. The van der Waals surface area contributed by atoms with Crippen LogP contribution in [0.4, 0.5) is 4.53 Å². The van der Waals surface area contributed by atoms with Gasteiger partial charge in [0.2, 0.25) is 0 Å². The van der Waals surface area contributed by atoms with Crippen LogP contribution >= 0.6 is 11.3 Å². The molecule has 0 fully saturated rings. The van der Waals surface area contributed by atoms with Crippen molar-refractivity contribution in [1.82, 2.24) is 4.98 Å². The highest BCUT2D eigenvalue weighted by Gasteiger charge is 2.42. The third-order valence-electron chi connectivity index (χ3n) is 6.87. The number of aryl methyl sites for hydroxylation is 1. The second kappa shape index (κ2) is 12.7. The van der Waals surface area contributed by atoms with E-state index in [0.29, 0.717) is 24.8 Å². The highest BCUT2D eigenvalue weighted by Crippen LogP contribution is 2.32. The van der Waals surface area contributed by atoms with Gasteiger partial charge in [-0.25, -0.2) is 4.98 Å². The molecule has 7 nitrogen and oxygen atoms in total. The highest BCUT2D eigenvalue weighted by atomic mass is 32.1. The average molecular weight is 512 g/mol. The fraction of sp³-hybridized carbons (Fsp3) is 0.654. The molecule has 1 aromatic heterocycles. The number of hydrogen-bond donors (Lipinski definition) is 2. The summed E-state index contributed by atoms with van der Waals surface area (Å²) >= 11 is 1.50. The SMILES string of the molecule is CC(=Cc1csc(C)n1)[C@@H]1CC=C(OF)CCC[C@H](C)[C@H](O)[C@@H](C)C(=O)C(C)(C)[C@@H](O)CC(=O)O1. The van der Waals surface area contributed by atoms with Crippen LogP contribution in [0.25, 0.3) is 6.08 Å². The number of ether oxygens (including phenoxy) is 1. The number of cyclic esters (lactones) is 1. The van der Waals surface area contributed by atoms with E-state index in [0.717, 1.165) is 10.7 Å². The maximum atomic E-state index is 13.2. The Kier molecular flexibility index (Phi) is 10.6. The summed E-state index contributed by atoms with van der Waals surface area (Å²) in [7, 11) is 0. The lowest BCUT2D eigenvalue weighted by atomic mass is 9.73. The predicted molar refractivity (Wildman–Crippen MR) is 133 cm³/mol. The minimum absolute atomic E-state index is 0.113. The third-order valence-corrected chi connectivity index (χ3v) is 7.66. The van der Waals surface area contributed by atoms with Crippen molar-refractivity contribution in [3.63, 3.8) is 0 Å². The van der Waals surface area contributed by atoms with E-state index in [4.69, 9.17) is 4.74 Å². The van der Waals surface area contributed by atoms with Crippen molar-refractivity contribution in [2.45, 2.75) is 92.0 Å². The van der Waals surface area contributed by atoms with E-state index in [1.165, 1.54) is 11.3 Å². The van der Waals surface area contributed by atoms with Gasteiger partial charge in [-0.05, 0) is 50.3 Å². The summed E-state index contributed by atoms with van der Waals surface area (Å²) in [4.78, 5) is 34.4. The summed E-state index contributed by atoms with van der Waals surface area (Å²) < 4.78 is 18.9. The van der Waals surface area contributed by atoms with Crippen LogP contribution in [0.2, 0.25) is 0 Å².